The van der Waals surface area contributed by atoms with Gasteiger partial charge in [-0.3, -0.25) is 19.2 Å². The highest BCUT2D eigenvalue weighted by Gasteiger charge is 2.22. The normalized spacial score (nSPS) is 10.5. The molecule has 0 radical (unpaired) electrons. The largest absolute Gasteiger partial charge is 0.466 e. The Morgan fingerprint density at radius 1 is 0.470 bits per heavy atom. The van der Waals surface area contributed by atoms with Crippen molar-refractivity contribution in [3.05, 3.63) is 26.0 Å². The SMILES string of the molecule is CC.CC.CCCCCCCCC(CCCCCCCC)OC=O.CCCCCCCCCOC(=O)CCCCCCCN(CCCCCCCC)c1c(C)c(=O)c1=O.CCCOCCC. The van der Waals surface area contributed by atoms with Crippen molar-refractivity contribution < 1.29 is 23.8 Å². The molecule has 0 saturated carbocycles. The minimum atomic E-state index is -0.313. The molecule has 0 aromatic heterocycles. The monoisotopic (exact) mass is 938 g/mol. The molecule has 1 aromatic carbocycles. The molecule has 8 nitrogen and oxygen atoms in total. The third kappa shape index (κ3) is 48.2. The van der Waals surface area contributed by atoms with Crippen molar-refractivity contribution in [1.29, 1.82) is 0 Å². The minimum absolute atomic E-state index is 0.0586. The summed E-state index contributed by atoms with van der Waals surface area (Å²) in [6.07, 6.45) is 41.7. The smallest absolute Gasteiger partial charge is 0.305 e. The van der Waals surface area contributed by atoms with Gasteiger partial charge in [-0.2, -0.15) is 0 Å². The van der Waals surface area contributed by atoms with E-state index in [1.807, 2.05) is 27.7 Å². The Bertz CT molecular complexity index is 1130. The van der Waals surface area contributed by atoms with Crippen LogP contribution in [0.15, 0.2) is 9.59 Å². The van der Waals surface area contributed by atoms with Crippen LogP contribution in [0.1, 0.15) is 300 Å². The number of esters is 1. The Hall–Kier alpha value is -2.22. The highest BCUT2D eigenvalue weighted by atomic mass is 16.5. The van der Waals surface area contributed by atoms with E-state index in [2.05, 4.69) is 46.4 Å². The van der Waals surface area contributed by atoms with Gasteiger partial charge in [-0.25, -0.2) is 0 Å². The Balaban J connectivity index is -0.000000519. The number of ether oxygens (including phenoxy) is 3. The standard InChI is InChI=1S/C30H53NO4.C18H36O2.C6H14O.2C2H6/c1-4-6-8-10-12-17-21-25-35-27(32)22-18-14-13-16-20-24-31(23-19-15-11-9-7-5-2)28-26(3)29(33)30(28)34;1-3-5-7-9-11-13-15-18(20-17-19)16-14-12-10-8-6-4-2;1-3-5-7-6-4-2;2*1-2/h4-25H2,1-3H3;17-18H,3-16H2,1-2H3;3-6H2,1-2H3;2*1-2H3. The lowest BCUT2D eigenvalue weighted by atomic mass is 10.0. The van der Waals surface area contributed by atoms with Gasteiger partial charge in [0.25, 0.3) is 6.47 Å². The van der Waals surface area contributed by atoms with Crippen molar-refractivity contribution in [3.8, 4) is 0 Å². The first-order valence-corrected chi connectivity index (χ1v) is 28.7. The second-order valence-electron chi connectivity index (χ2n) is 17.8. The van der Waals surface area contributed by atoms with Gasteiger partial charge in [0.05, 0.1) is 12.3 Å². The molecule has 0 aliphatic carbocycles. The molecular formula is C58H115NO7. The van der Waals surface area contributed by atoms with E-state index in [0.29, 0.717) is 30.8 Å². The number of hydrogen-bond donors (Lipinski definition) is 0. The maximum atomic E-state index is 12.1. The summed E-state index contributed by atoms with van der Waals surface area (Å²) in [5, 5.41) is 0. The maximum Gasteiger partial charge on any atom is 0.305 e. The molecule has 66 heavy (non-hydrogen) atoms. The molecule has 0 unspecified atom stereocenters. The van der Waals surface area contributed by atoms with Crippen LogP contribution in [-0.2, 0) is 23.8 Å². The van der Waals surface area contributed by atoms with Crippen molar-refractivity contribution >= 4 is 18.1 Å². The Kier molecular flexibility index (Phi) is 64.8. The lowest BCUT2D eigenvalue weighted by molar-refractivity contribution is -0.144. The fourth-order valence-corrected chi connectivity index (χ4v) is 7.77. The zero-order valence-corrected chi connectivity index (χ0v) is 46.2. The van der Waals surface area contributed by atoms with Crippen LogP contribution in [0.3, 0.4) is 0 Å². The van der Waals surface area contributed by atoms with E-state index in [4.69, 9.17) is 14.2 Å². The second-order valence-corrected chi connectivity index (χ2v) is 17.8. The van der Waals surface area contributed by atoms with Crippen LogP contribution in [0.25, 0.3) is 0 Å². The van der Waals surface area contributed by atoms with Crippen molar-refractivity contribution in [3.63, 3.8) is 0 Å². The quantitative estimate of drug-likeness (QED) is 0.0276. The first-order valence-electron chi connectivity index (χ1n) is 28.7. The molecule has 0 atom stereocenters. The number of carbonyl (C=O) groups is 2. The van der Waals surface area contributed by atoms with Crippen molar-refractivity contribution in [2.45, 2.75) is 307 Å². The molecule has 1 rings (SSSR count). The zero-order chi connectivity index (χ0) is 50.2. The van der Waals surface area contributed by atoms with Crippen LogP contribution >= 0.6 is 0 Å². The Morgan fingerprint density at radius 2 is 0.833 bits per heavy atom. The number of nitrogens with zero attached hydrogens (tertiary/aromatic N) is 1. The van der Waals surface area contributed by atoms with Gasteiger partial charge in [0.1, 0.15) is 6.10 Å². The average molecular weight is 939 g/mol. The highest BCUT2D eigenvalue weighted by molar-refractivity contribution is 5.69. The van der Waals surface area contributed by atoms with Gasteiger partial charge in [0.2, 0.25) is 10.9 Å². The van der Waals surface area contributed by atoms with Crippen molar-refractivity contribution in [2.24, 2.45) is 0 Å². The number of rotatable bonds is 44. The van der Waals surface area contributed by atoms with E-state index < -0.39 is 0 Å². The summed E-state index contributed by atoms with van der Waals surface area (Å²) in [7, 11) is 0. The molecule has 0 N–H and O–H groups in total. The van der Waals surface area contributed by atoms with E-state index in [-0.39, 0.29) is 22.9 Å². The molecule has 0 amide bonds. The van der Waals surface area contributed by atoms with Gasteiger partial charge in [-0.1, -0.05) is 223 Å². The minimum Gasteiger partial charge on any atom is -0.466 e. The maximum absolute atomic E-state index is 12.1. The van der Waals surface area contributed by atoms with Gasteiger partial charge in [0.15, 0.2) is 0 Å². The molecule has 0 bridgehead atoms. The van der Waals surface area contributed by atoms with Crippen LogP contribution in [-0.4, -0.2) is 51.5 Å². The number of anilines is 1. The molecule has 0 heterocycles. The van der Waals surface area contributed by atoms with E-state index in [1.54, 1.807) is 6.92 Å². The number of carbonyl (C=O) groups excluding carboxylic acids is 2. The van der Waals surface area contributed by atoms with E-state index in [9.17, 15) is 19.2 Å². The van der Waals surface area contributed by atoms with Gasteiger partial charge < -0.3 is 19.1 Å². The van der Waals surface area contributed by atoms with Crippen molar-refractivity contribution in [2.75, 3.05) is 37.8 Å². The number of unbranched alkanes of at least 4 members (excludes halogenated alkanes) is 25. The van der Waals surface area contributed by atoms with Gasteiger partial charge >= 0.3 is 5.97 Å². The molecular weight excluding hydrogens is 823 g/mol. The molecule has 0 spiro atoms. The van der Waals surface area contributed by atoms with Crippen LogP contribution in [0, 0.1) is 6.92 Å². The molecule has 0 saturated heterocycles. The molecule has 394 valence electrons. The summed E-state index contributed by atoms with van der Waals surface area (Å²) >= 11 is 0. The third-order valence-corrected chi connectivity index (χ3v) is 11.7. The van der Waals surface area contributed by atoms with E-state index >= 15 is 0 Å². The van der Waals surface area contributed by atoms with Crippen LogP contribution in [0.5, 0.6) is 0 Å². The molecule has 0 aliphatic rings. The first kappa shape index (κ1) is 70.3. The lowest BCUT2D eigenvalue weighted by Crippen LogP contribution is -2.43. The topological polar surface area (TPSA) is 99.2 Å². The summed E-state index contributed by atoms with van der Waals surface area (Å²) in [5.74, 6) is -0.0586. The fraction of sp³-hybridized carbons (Fsp3) is 0.897. The summed E-state index contributed by atoms with van der Waals surface area (Å²) in [6.45, 7) is 27.7. The van der Waals surface area contributed by atoms with Crippen LogP contribution in [0.4, 0.5) is 5.69 Å². The fourth-order valence-electron chi connectivity index (χ4n) is 7.77. The Labute approximate surface area is 411 Å². The zero-order valence-electron chi connectivity index (χ0n) is 46.2. The molecule has 0 fully saturated rings. The third-order valence-electron chi connectivity index (χ3n) is 11.7. The van der Waals surface area contributed by atoms with Crippen LogP contribution in [0.2, 0.25) is 0 Å². The second kappa shape index (κ2) is 60.8. The van der Waals surface area contributed by atoms with E-state index in [0.717, 1.165) is 103 Å². The summed E-state index contributed by atoms with van der Waals surface area (Å²) < 4.78 is 15.7. The average Bonchev–Trinajstić information content (AvgIpc) is 3.34. The highest BCUT2D eigenvalue weighted by Crippen LogP contribution is 2.19. The molecule has 1 aromatic rings. The van der Waals surface area contributed by atoms with Crippen molar-refractivity contribution in [1.82, 2.24) is 0 Å². The number of hydrogen-bond acceptors (Lipinski definition) is 8. The predicted octanol–water partition coefficient (Wildman–Crippen LogP) is 17.3. The Morgan fingerprint density at radius 3 is 1.21 bits per heavy atom. The van der Waals surface area contributed by atoms with Gasteiger partial charge in [-0.05, 0) is 71.1 Å². The lowest BCUT2D eigenvalue weighted by Gasteiger charge is -2.27. The van der Waals surface area contributed by atoms with Gasteiger partial charge in [0, 0.05) is 38.3 Å². The van der Waals surface area contributed by atoms with E-state index in [1.165, 1.54) is 141 Å². The summed E-state index contributed by atoms with van der Waals surface area (Å²) in [6, 6.07) is 0. The summed E-state index contributed by atoms with van der Waals surface area (Å²) in [4.78, 5) is 48.4. The first-order chi connectivity index (χ1) is 32.3. The predicted molar refractivity (Wildman–Crippen MR) is 289 cm³/mol. The van der Waals surface area contributed by atoms with Gasteiger partial charge in [-0.15, -0.1) is 0 Å². The van der Waals surface area contributed by atoms with Crippen LogP contribution < -0.4 is 15.8 Å². The molecule has 0 aliphatic heterocycles. The molecule has 8 heteroatoms. The summed E-state index contributed by atoms with van der Waals surface area (Å²) in [5.41, 5.74) is 0.679.